The number of benzene rings is 1. The molecule has 14 nitrogen and oxygen atoms in total. The minimum Gasteiger partial charge on any atom is -0.397 e. The summed E-state index contributed by atoms with van der Waals surface area (Å²) in [6, 6.07) is 1.65. The molecule has 0 saturated heterocycles. The lowest BCUT2D eigenvalue weighted by Gasteiger charge is -2.26. The normalized spacial score (nSPS) is 15.2. The number of nitrogen functional groups attached to an aromatic ring is 1. The number of phosphoric ester groups is 1. The second-order valence-electron chi connectivity index (χ2n) is 7.28. The van der Waals surface area contributed by atoms with Crippen molar-refractivity contribution >= 4 is 24.5 Å². The Bertz CT molecular complexity index is 1300. The molecule has 1 aromatic rings. The lowest BCUT2D eigenvalue weighted by atomic mass is 10.0. The van der Waals surface area contributed by atoms with Gasteiger partial charge in [-0.3, -0.25) is 14.3 Å². The zero-order valence-electron chi connectivity index (χ0n) is 17.0. The SMILES string of the molecule is Cc1cc2c(nc3c(=O)[nH]c(=O)nc-3n2C[C@H](O)[C@H](O)[C@H](O)COP(=O)(O)O)c(N)c1C. The van der Waals surface area contributed by atoms with Crippen LogP contribution in [0, 0.1) is 13.8 Å². The van der Waals surface area contributed by atoms with E-state index in [1.807, 2.05) is 4.98 Å². The number of aliphatic hydroxyl groups excluding tert-OH is 3. The third-order valence-electron chi connectivity index (χ3n) is 5.04. The van der Waals surface area contributed by atoms with Crippen LogP contribution in [0.4, 0.5) is 5.69 Å². The molecule has 3 atom stereocenters. The average molecular weight is 471 g/mol. The fraction of sp³-hybridized carbons (Fsp3) is 0.412. The number of aryl methyl sites for hydroxylation is 1. The summed E-state index contributed by atoms with van der Waals surface area (Å²) in [4.78, 5) is 51.6. The number of nitrogens with one attached hydrogen (secondary N) is 1. The van der Waals surface area contributed by atoms with Gasteiger partial charge in [-0.15, -0.1) is 0 Å². The summed E-state index contributed by atoms with van der Waals surface area (Å²) in [7, 11) is -4.91. The summed E-state index contributed by atoms with van der Waals surface area (Å²) < 4.78 is 16.2. The molecule has 0 bridgehead atoms. The summed E-state index contributed by atoms with van der Waals surface area (Å²) in [6.07, 6.45) is -5.51. The number of nitrogens with zero attached hydrogens (tertiary/aromatic N) is 3. The van der Waals surface area contributed by atoms with Gasteiger partial charge in [-0.25, -0.2) is 14.3 Å². The van der Waals surface area contributed by atoms with Gasteiger partial charge in [0, 0.05) is 0 Å². The predicted octanol–water partition coefficient (Wildman–Crippen LogP) is -2.02. The van der Waals surface area contributed by atoms with Crippen LogP contribution in [0.1, 0.15) is 11.1 Å². The van der Waals surface area contributed by atoms with Crippen LogP contribution in [0.3, 0.4) is 0 Å². The lowest BCUT2D eigenvalue weighted by Crippen LogP contribution is -2.42. The molecule has 2 heterocycles. The van der Waals surface area contributed by atoms with Crippen molar-refractivity contribution in [3.8, 4) is 11.5 Å². The zero-order chi connectivity index (χ0) is 24.0. The van der Waals surface area contributed by atoms with Crippen LogP contribution in [0.2, 0.25) is 0 Å². The van der Waals surface area contributed by atoms with E-state index in [-0.39, 0.29) is 22.7 Å². The number of aromatic amines is 1. The maximum atomic E-state index is 12.3. The standard InChI is InChI=1S/C17H22N5O9P/c1-6-3-8-12(11(18)7(6)2)19-13-15(20-17(27)21-16(13)26)22(8)4-9(23)14(25)10(24)5-31-32(28,29)30/h3,9-10,14,23-25H,4-5,18H2,1-2H3,(H,21,26,27)(H2,28,29,30)/t9-,10+,14-/m0/s1. The number of H-pyrrole nitrogens is 1. The van der Waals surface area contributed by atoms with Crippen LogP contribution >= 0.6 is 7.82 Å². The zero-order valence-corrected chi connectivity index (χ0v) is 17.9. The Kier molecular flexibility index (Phi) is 6.49. The van der Waals surface area contributed by atoms with E-state index in [0.717, 1.165) is 5.56 Å². The molecule has 0 spiro atoms. The second-order valence-corrected chi connectivity index (χ2v) is 8.52. The molecule has 174 valence electrons. The van der Waals surface area contributed by atoms with Crippen LogP contribution < -0.4 is 17.0 Å². The molecule has 8 N–H and O–H groups in total. The number of fused-ring (bicyclic) bond motifs is 2. The van der Waals surface area contributed by atoms with Crippen LogP contribution in [-0.2, 0) is 15.6 Å². The first-order valence-electron chi connectivity index (χ1n) is 9.24. The van der Waals surface area contributed by atoms with Crippen LogP contribution in [0.25, 0.3) is 22.6 Å². The smallest absolute Gasteiger partial charge is 0.397 e. The van der Waals surface area contributed by atoms with Crippen molar-refractivity contribution in [2.75, 3.05) is 12.3 Å². The van der Waals surface area contributed by atoms with Gasteiger partial charge >= 0.3 is 13.5 Å². The molecule has 0 fully saturated rings. The van der Waals surface area contributed by atoms with Crippen molar-refractivity contribution in [1.29, 1.82) is 0 Å². The number of nitrogens with two attached hydrogens (primary N) is 1. The second kappa shape index (κ2) is 8.67. The van der Waals surface area contributed by atoms with E-state index in [4.69, 9.17) is 15.5 Å². The molecular formula is C17H22N5O9P. The van der Waals surface area contributed by atoms with Gasteiger partial charge in [-0.1, -0.05) is 0 Å². The fourth-order valence-corrected chi connectivity index (χ4v) is 3.54. The molecule has 32 heavy (non-hydrogen) atoms. The van der Waals surface area contributed by atoms with E-state index in [0.29, 0.717) is 11.1 Å². The van der Waals surface area contributed by atoms with Crippen molar-refractivity contribution in [2.45, 2.75) is 38.7 Å². The van der Waals surface area contributed by atoms with Gasteiger partial charge in [0.25, 0.3) is 5.56 Å². The third-order valence-corrected chi connectivity index (χ3v) is 5.53. The number of phosphoric acid groups is 1. The average Bonchev–Trinajstić information content (AvgIpc) is 2.70. The molecule has 0 radical (unpaired) electrons. The van der Waals surface area contributed by atoms with E-state index in [9.17, 15) is 29.5 Å². The Labute approximate surface area is 179 Å². The summed E-state index contributed by atoms with van der Waals surface area (Å²) in [5.74, 6) is -0.193. The number of hydrogen-bond acceptors (Lipinski definition) is 10. The van der Waals surface area contributed by atoms with Gasteiger partial charge in [-0.05, 0) is 31.0 Å². The fourth-order valence-electron chi connectivity index (χ4n) is 3.19. The van der Waals surface area contributed by atoms with Gasteiger partial charge in [0.2, 0.25) is 0 Å². The highest BCUT2D eigenvalue weighted by molar-refractivity contribution is 7.46. The molecule has 1 aromatic carbocycles. The summed E-state index contributed by atoms with van der Waals surface area (Å²) in [5, 5.41) is 30.6. The quantitative estimate of drug-likeness (QED) is 0.112. The third kappa shape index (κ3) is 4.71. The number of rotatable bonds is 7. The number of hydrogen-bond donors (Lipinski definition) is 7. The molecule has 0 amide bonds. The van der Waals surface area contributed by atoms with Crippen molar-refractivity contribution < 1.29 is 34.2 Å². The predicted molar refractivity (Wildman–Crippen MR) is 111 cm³/mol. The molecule has 0 aliphatic carbocycles. The van der Waals surface area contributed by atoms with Gasteiger partial charge in [-0.2, -0.15) is 4.98 Å². The van der Waals surface area contributed by atoms with Gasteiger partial charge in [0.1, 0.15) is 23.8 Å². The van der Waals surface area contributed by atoms with Gasteiger partial charge in [0.05, 0.1) is 24.4 Å². The van der Waals surface area contributed by atoms with Crippen molar-refractivity contribution in [3.05, 3.63) is 38.0 Å². The van der Waals surface area contributed by atoms with Crippen LogP contribution in [-0.4, -0.2) is 69.5 Å². The minimum absolute atomic E-state index is 0.193. The maximum Gasteiger partial charge on any atom is 0.469 e. The molecule has 2 aliphatic rings. The largest absolute Gasteiger partial charge is 0.469 e. The highest BCUT2D eigenvalue weighted by Crippen LogP contribution is 2.36. The van der Waals surface area contributed by atoms with E-state index in [1.54, 1.807) is 19.9 Å². The van der Waals surface area contributed by atoms with E-state index in [2.05, 4.69) is 14.5 Å². The van der Waals surface area contributed by atoms with E-state index < -0.39 is 50.5 Å². The number of aliphatic hydroxyl groups is 3. The van der Waals surface area contributed by atoms with Gasteiger partial charge in [0.15, 0.2) is 11.5 Å². The summed E-state index contributed by atoms with van der Waals surface area (Å²) in [5.41, 5.74) is 6.32. The maximum absolute atomic E-state index is 12.3. The van der Waals surface area contributed by atoms with Crippen LogP contribution in [0.15, 0.2) is 15.7 Å². The Morgan fingerprint density at radius 2 is 1.84 bits per heavy atom. The monoisotopic (exact) mass is 471 g/mol. The minimum atomic E-state index is -4.91. The van der Waals surface area contributed by atoms with Crippen molar-refractivity contribution in [2.24, 2.45) is 0 Å². The molecule has 0 unspecified atom stereocenters. The highest BCUT2D eigenvalue weighted by atomic mass is 31.2. The first kappa shape index (κ1) is 23.9. The molecular weight excluding hydrogens is 449 g/mol. The molecule has 3 rings (SSSR count). The number of anilines is 1. The molecule has 0 aromatic heterocycles. The van der Waals surface area contributed by atoms with E-state index >= 15 is 0 Å². The number of aromatic nitrogens is 4. The van der Waals surface area contributed by atoms with Gasteiger partial charge < -0.3 is 35.4 Å². The topological polar surface area (TPSA) is 234 Å². The Morgan fingerprint density at radius 3 is 2.47 bits per heavy atom. The highest BCUT2D eigenvalue weighted by Gasteiger charge is 2.30. The first-order valence-corrected chi connectivity index (χ1v) is 10.8. The van der Waals surface area contributed by atoms with E-state index in [1.165, 1.54) is 4.57 Å². The van der Waals surface area contributed by atoms with Crippen molar-refractivity contribution in [3.63, 3.8) is 0 Å². The Morgan fingerprint density at radius 1 is 1.19 bits per heavy atom. The first-order chi connectivity index (χ1) is 14.8. The molecule has 0 saturated carbocycles. The summed E-state index contributed by atoms with van der Waals surface area (Å²) >= 11 is 0. The van der Waals surface area contributed by atoms with Crippen molar-refractivity contribution in [1.82, 2.24) is 19.5 Å². The Balaban J connectivity index is 2.12. The lowest BCUT2D eigenvalue weighted by molar-refractivity contribution is -0.0793. The summed E-state index contributed by atoms with van der Waals surface area (Å²) in [6.45, 7) is 2.07. The Hall–Kier alpha value is -2.71. The van der Waals surface area contributed by atoms with Crippen LogP contribution in [0.5, 0.6) is 0 Å². The molecule has 15 heteroatoms. The molecule has 2 aliphatic heterocycles.